The van der Waals surface area contributed by atoms with Gasteiger partial charge in [0.1, 0.15) is 0 Å². The Bertz CT molecular complexity index is 577. The van der Waals surface area contributed by atoms with Crippen LogP contribution in [0.2, 0.25) is 0 Å². The van der Waals surface area contributed by atoms with Crippen LogP contribution in [0.4, 0.5) is 0 Å². The van der Waals surface area contributed by atoms with Crippen molar-refractivity contribution in [1.29, 1.82) is 0 Å². The van der Waals surface area contributed by atoms with Gasteiger partial charge in [0, 0.05) is 7.11 Å². The van der Waals surface area contributed by atoms with Crippen molar-refractivity contribution in [3.8, 4) is 0 Å². The first-order chi connectivity index (χ1) is 13.4. The van der Waals surface area contributed by atoms with Gasteiger partial charge in [-0.15, -0.1) is 0 Å². The monoisotopic (exact) mass is 386 g/mol. The fourth-order valence-corrected chi connectivity index (χ4v) is 8.36. The second-order valence-corrected chi connectivity index (χ2v) is 11.9. The summed E-state index contributed by atoms with van der Waals surface area (Å²) in [6, 6.07) is 0. The summed E-state index contributed by atoms with van der Waals surface area (Å²) >= 11 is 0. The molecule has 7 atom stereocenters. The number of hydrogen-bond acceptors (Lipinski definition) is 1. The van der Waals surface area contributed by atoms with Crippen molar-refractivity contribution in [1.82, 2.24) is 0 Å². The number of rotatable bonds is 6. The predicted octanol–water partition coefficient (Wildman–Crippen LogP) is 7.80. The van der Waals surface area contributed by atoms with Gasteiger partial charge < -0.3 is 4.74 Å². The molecule has 0 amide bonds. The zero-order chi connectivity index (χ0) is 19.9. The molecule has 0 aromatic rings. The standard InChI is InChI=1S/C27H46O/c1-19(2)8-6-7-9-20-11-13-24-23-12-10-21-18-22(28-5)14-16-27(21,4)25(23)15-17-26(20,24)3/h10,19-20,22-25H,6-9,11-18H2,1-5H3/t20?,22?,23?,24?,25?,26?,27-/m0/s1. The molecule has 1 heteroatoms. The average Bonchev–Trinajstić information content (AvgIpc) is 3.01. The third-order valence-electron chi connectivity index (χ3n) is 10.2. The molecule has 3 saturated carbocycles. The van der Waals surface area contributed by atoms with E-state index >= 15 is 0 Å². The van der Waals surface area contributed by atoms with Gasteiger partial charge in [-0.3, -0.25) is 0 Å². The number of methoxy groups -OCH3 is 1. The summed E-state index contributed by atoms with van der Waals surface area (Å²) in [5.41, 5.74) is 2.89. The molecule has 0 radical (unpaired) electrons. The highest BCUT2D eigenvalue weighted by Crippen LogP contribution is 2.66. The molecule has 0 aromatic heterocycles. The van der Waals surface area contributed by atoms with Crippen molar-refractivity contribution in [2.24, 2.45) is 40.4 Å². The largest absolute Gasteiger partial charge is 0.381 e. The molecule has 1 nitrogen and oxygen atoms in total. The molecule has 28 heavy (non-hydrogen) atoms. The summed E-state index contributed by atoms with van der Waals surface area (Å²) in [7, 11) is 1.91. The van der Waals surface area contributed by atoms with Crippen LogP contribution in [0.1, 0.15) is 105 Å². The van der Waals surface area contributed by atoms with Gasteiger partial charge in [0.05, 0.1) is 6.10 Å². The van der Waals surface area contributed by atoms with E-state index in [4.69, 9.17) is 4.74 Å². The van der Waals surface area contributed by atoms with Crippen LogP contribution in [-0.4, -0.2) is 13.2 Å². The molecule has 3 fully saturated rings. The van der Waals surface area contributed by atoms with E-state index in [-0.39, 0.29) is 0 Å². The Hall–Kier alpha value is -0.300. The Labute approximate surface area is 175 Å². The smallest absolute Gasteiger partial charge is 0.0608 e. The van der Waals surface area contributed by atoms with Crippen LogP contribution < -0.4 is 0 Å². The van der Waals surface area contributed by atoms with Crippen molar-refractivity contribution in [3.05, 3.63) is 11.6 Å². The highest BCUT2D eigenvalue weighted by atomic mass is 16.5. The molecule has 0 spiro atoms. The number of hydrogen-bond donors (Lipinski definition) is 0. The van der Waals surface area contributed by atoms with Gasteiger partial charge >= 0.3 is 0 Å². The number of unbranched alkanes of at least 4 members (excludes halogenated alkanes) is 1. The van der Waals surface area contributed by atoms with E-state index in [1.807, 2.05) is 7.11 Å². The van der Waals surface area contributed by atoms with Crippen LogP contribution in [-0.2, 0) is 4.74 Å². The first-order valence-corrected chi connectivity index (χ1v) is 12.6. The lowest BCUT2D eigenvalue weighted by Gasteiger charge is -2.58. The summed E-state index contributed by atoms with van der Waals surface area (Å²) < 4.78 is 5.74. The van der Waals surface area contributed by atoms with Crippen molar-refractivity contribution < 1.29 is 4.74 Å². The fourth-order valence-electron chi connectivity index (χ4n) is 8.36. The summed E-state index contributed by atoms with van der Waals surface area (Å²) in [4.78, 5) is 0. The molecule has 0 aliphatic heterocycles. The molecule has 0 aromatic carbocycles. The van der Waals surface area contributed by atoms with Crippen molar-refractivity contribution >= 4 is 0 Å². The minimum absolute atomic E-state index is 0.478. The van der Waals surface area contributed by atoms with E-state index in [0.717, 1.165) is 29.6 Å². The van der Waals surface area contributed by atoms with E-state index in [2.05, 4.69) is 33.8 Å². The summed E-state index contributed by atoms with van der Waals surface area (Å²) in [6.07, 6.45) is 20.3. The summed E-state index contributed by atoms with van der Waals surface area (Å²) in [5, 5.41) is 0. The van der Waals surface area contributed by atoms with Gasteiger partial charge in [-0.05, 0) is 98.2 Å². The molecule has 0 saturated heterocycles. The van der Waals surface area contributed by atoms with Crippen LogP contribution in [0, 0.1) is 40.4 Å². The molecule has 4 rings (SSSR count). The zero-order valence-corrected chi connectivity index (χ0v) is 19.4. The van der Waals surface area contributed by atoms with Gasteiger partial charge in [-0.1, -0.05) is 58.6 Å². The highest BCUT2D eigenvalue weighted by molar-refractivity contribution is 5.25. The second kappa shape index (κ2) is 8.09. The van der Waals surface area contributed by atoms with E-state index in [1.165, 1.54) is 77.0 Å². The maximum atomic E-state index is 5.74. The third kappa shape index (κ3) is 3.52. The molecule has 0 heterocycles. The SMILES string of the molecule is COC1CC[C@@]2(C)C(=CCC3C4CCC(CCCCC(C)C)C4(C)CCC32)C1. The fraction of sp³-hybridized carbons (Fsp3) is 0.926. The topological polar surface area (TPSA) is 9.23 Å². The molecule has 4 aliphatic carbocycles. The van der Waals surface area contributed by atoms with E-state index in [0.29, 0.717) is 16.9 Å². The van der Waals surface area contributed by atoms with Gasteiger partial charge in [0.15, 0.2) is 0 Å². The van der Waals surface area contributed by atoms with Crippen LogP contribution in [0.25, 0.3) is 0 Å². The summed E-state index contributed by atoms with van der Waals surface area (Å²) in [5.74, 6) is 4.79. The Kier molecular flexibility index (Phi) is 6.05. The van der Waals surface area contributed by atoms with Crippen LogP contribution in [0.3, 0.4) is 0 Å². The zero-order valence-electron chi connectivity index (χ0n) is 19.4. The quantitative estimate of drug-likeness (QED) is 0.334. The van der Waals surface area contributed by atoms with Crippen LogP contribution in [0.15, 0.2) is 11.6 Å². The maximum Gasteiger partial charge on any atom is 0.0608 e. The van der Waals surface area contributed by atoms with Gasteiger partial charge in [0.25, 0.3) is 0 Å². The Balaban J connectivity index is 1.45. The van der Waals surface area contributed by atoms with E-state index in [1.54, 1.807) is 5.57 Å². The average molecular weight is 387 g/mol. The predicted molar refractivity (Wildman–Crippen MR) is 119 cm³/mol. The van der Waals surface area contributed by atoms with Gasteiger partial charge in [-0.25, -0.2) is 0 Å². The molecule has 6 unspecified atom stereocenters. The van der Waals surface area contributed by atoms with Crippen molar-refractivity contribution in [2.45, 2.75) is 111 Å². The maximum absolute atomic E-state index is 5.74. The number of allylic oxidation sites excluding steroid dienone is 1. The molecular weight excluding hydrogens is 340 g/mol. The highest BCUT2D eigenvalue weighted by Gasteiger charge is 2.58. The number of fused-ring (bicyclic) bond motifs is 5. The minimum atomic E-state index is 0.478. The molecule has 0 N–H and O–H groups in total. The molecular formula is C27H46O. The Morgan fingerprint density at radius 2 is 1.86 bits per heavy atom. The van der Waals surface area contributed by atoms with Gasteiger partial charge in [0.2, 0.25) is 0 Å². The second-order valence-electron chi connectivity index (χ2n) is 11.9. The first kappa shape index (κ1) is 21.0. The lowest BCUT2D eigenvalue weighted by Crippen LogP contribution is -2.50. The number of ether oxygens (including phenoxy) is 1. The minimum Gasteiger partial charge on any atom is -0.381 e. The van der Waals surface area contributed by atoms with Crippen molar-refractivity contribution in [3.63, 3.8) is 0 Å². The van der Waals surface area contributed by atoms with E-state index in [9.17, 15) is 0 Å². The normalized spacial score (nSPS) is 45.4. The molecule has 0 bridgehead atoms. The first-order valence-electron chi connectivity index (χ1n) is 12.6. The lowest BCUT2D eigenvalue weighted by molar-refractivity contribution is -0.0542. The Morgan fingerprint density at radius 1 is 1.04 bits per heavy atom. The third-order valence-corrected chi connectivity index (χ3v) is 10.2. The summed E-state index contributed by atoms with van der Waals surface area (Å²) in [6.45, 7) is 10.1. The van der Waals surface area contributed by atoms with Gasteiger partial charge in [-0.2, -0.15) is 0 Å². The van der Waals surface area contributed by atoms with Crippen LogP contribution in [0.5, 0.6) is 0 Å². The lowest BCUT2D eigenvalue weighted by atomic mass is 9.47. The van der Waals surface area contributed by atoms with Crippen molar-refractivity contribution in [2.75, 3.05) is 7.11 Å². The Morgan fingerprint density at radius 3 is 2.61 bits per heavy atom. The van der Waals surface area contributed by atoms with E-state index < -0.39 is 0 Å². The van der Waals surface area contributed by atoms with Crippen LogP contribution >= 0.6 is 0 Å². The molecule has 160 valence electrons. The molecule has 4 aliphatic rings.